The van der Waals surface area contributed by atoms with E-state index < -0.39 is 0 Å². The van der Waals surface area contributed by atoms with E-state index >= 15 is 0 Å². The molecular weight excluding hydrogens is 250 g/mol. The van der Waals surface area contributed by atoms with Crippen molar-refractivity contribution < 1.29 is 4.74 Å². The number of aryl methyl sites for hydroxylation is 1. The van der Waals surface area contributed by atoms with Crippen molar-refractivity contribution in [2.24, 2.45) is 5.92 Å². The highest BCUT2D eigenvalue weighted by molar-refractivity contribution is 5.58. The summed E-state index contributed by atoms with van der Waals surface area (Å²) in [4.78, 5) is 7.36. The zero-order valence-electron chi connectivity index (χ0n) is 12.4. The number of nitrogens with zero attached hydrogens (tertiary/aromatic N) is 2. The molecule has 3 heterocycles. The lowest BCUT2D eigenvalue weighted by Gasteiger charge is -2.37. The number of ether oxygens (including phenoxy) is 1. The molecule has 20 heavy (non-hydrogen) atoms. The molecule has 1 aromatic rings. The SMILES string of the molecule is Cc1nc2c(cc1OCC1CC1)C[C@@H]1CNC[C@@H](C)N21. The van der Waals surface area contributed by atoms with E-state index in [-0.39, 0.29) is 0 Å². The summed E-state index contributed by atoms with van der Waals surface area (Å²) in [5.41, 5.74) is 2.40. The first-order valence-electron chi connectivity index (χ1n) is 7.84. The Morgan fingerprint density at radius 2 is 2.25 bits per heavy atom. The second kappa shape index (κ2) is 4.62. The van der Waals surface area contributed by atoms with E-state index in [1.54, 1.807) is 0 Å². The highest BCUT2D eigenvalue weighted by Gasteiger charge is 2.36. The second-order valence-corrected chi connectivity index (χ2v) is 6.58. The average molecular weight is 273 g/mol. The van der Waals surface area contributed by atoms with Crippen LogP contribution in [0.2, 0.25) is 0 Å². The van der Waals surface area contributed by atoms with Gasteiger partial charge < -0.3 is 15.0 Å². The van der Waals surface area contributed by atoms with Gasteiger partial charge in [-0.1, -0.05) is 0 Å². The van der Waals surface area contributed by atoms with E-state index in [9.17, 15) is 0 Å². The Bertz CT molecular complexity index is 527. The molecule has 1 N–H and O–H groups in total. The first-order valence-corrected chi connectivity index (χ1v) is 7.84. The molecule has 3 aliphatic rings. The summed E-state index contributed by atoms with van der Waals surface area (Å²) in [7, 11) is 0. The van der Waals surface area contributed by atoms with Crippen LogP contribution in [0, 0.1) is 12.8 Å². The molecule has 4 heteroatoms. The maximum absolute atomic E-state index is 5.97. The van der Waals surface area contributed by atoms with Gasteiger partial charge in [-0.15, -0.1) is 0 Å². The van der Waals surface area contributed by atoms with E-state index in [1.807, 2.05) is 0 Å². The van der Waals surface area contributed by atoms with E-state index in [0.717, 1.165) is 43.5 Å². The quantitative estimate of drug-likeness (QED) is 0.913. The predicted molar refractivity (Wildman–Crippen MR) is 79.5 cm³/mol. The third kappa shape index (κ3) is 2.06. The Hall–Kier alpha value is -1.29. The van der Waals surface area contributed by atoms with E-state index in [0.29, 0.717) is 12.1 Å². The molecule has 0 spiro atoms. The lowest BCUT2D eigenvalue weighted by molar-refractivity contribution is 0.296. The summed E-state index contributed by atoms with van der Waals surface area (Å²) in [5, 5.41) is 3.52. The summed E-state index contributed by atoms with van der Waals surface area (Å²) in [6.07, 6.45) is 3.76. The minimum absolute atomic E-state index is 0.528. The lowest BCUT2D eigenvalue weighted by Crippen LogP contribution is -2.55. The minimum atomic E-state index is 0.528. The molecule has 0 bridgehead atoms. The van der Waals surface area contributed by atoms with Crippen molar-refractivity contribution in [1.29, 1.82) is 0 Å². The Kier molecular flexibility index (Phi) is 2.88. The minimum Gasteiger partial charge on any atom is -0.491 e. The number of pyridine rings is 1. The maximum Gasteiger partial charge on any atom is 0.140 e. The van der Waals surface area contributed by atoms with Gasteiger partial charge in [0.05, 0.1) is 12.3 Å². The monoisotopic (exact) mass is 273 g/mol. The molecule has 4 rings (SSSR count). The molecule has 4 nitrogen and oxygen atoms in total. The van der Waals surface area contributed by atoms with Gasteiger partial charge in [0.2, 0.25) is 0 Å². The topological polar surface area (TPSA) is 37.4 Å². The van der Waals surface area contributed by atoms with Gasteiger partial charge in [0.15, 0.2) is 0 Å². The molecule has 0 amide bonds. The van der Waals surface area contributed by atoms with Crippen molar-refractivity contribution in [2.45, 2.75) is 45.2 Å². The van der Waals surface area contributed by atoms with Gasteiger partial charge in [-0.25, -0.2) is 4.98 Å². The summed E-state index contributed by atoms with van der Waals surface area (Å²) in [6.45, 7) is 7.34. The molecule has 0 radical (unpaired) electrons. The Morgan fingerprint density at radius 3 is 3.05 bits per heavy atom. The van der Waals surface area contributed by atoms with Gasteiger partial charge in [0.1, 0.15) is 11.6 Å². The van der Waals surface area contributed by atoms with Crippen molar-refractivity contribution in [3.05, 3.63) is 17.3 Å². The van der Waals surface area contributed by atoms with Crippen LogP contribution in [0.5, 0.6) is 5.75 Å². The molecule has 108 valence electrons. The largest absolute Gasteiger partial charge is 0.491 e. The van der Waals surface area contributed by atoms with Gasteiger partial charge in [-0.05, 0) is 45.1 Å². The Morgan fingerprint density at radius 1 is 1.40 bits per heavy atom. The number of nitrogens with one attached hydrogen (secondary N) is 1. The number of hydrogen-bond acceptors (Lipinski definition) is 4. The molecule has 2 atom stereocenters. The van der Waals surface area contributed by atoms with E-state index in [1.165, 1.54) is 24.2 Å². The predicted octanol–water partition coefficient (Wildman–Crippen LogP) is 1.90. The molecule has 1 saturated heterocycles. The van der Waals surface area contributed by atoms with Gasteiger partial charge in [0.25, 0.3) is 0 Å². The van der Waals surface area contributed by atoms with Crippen LogP contribution in [0.25, 0.3) is 0 Å². The molecule has 2 fully saturated rings. The smallest absolute Gasteiger partial charge is 0.140 e. The van der Waals surface area contributed by atoms with Gasteiger partial charge in [0, 0.05) is 30.7 Å². The molecule has 0 unspecified atom stereocenters. The third-order valence-electron chi connectivity index (χ3n) is 4.78. The van der Waals surface area contributed by atoms with Crippen LogP contribution in [0.1, 0.15) is 31.0 Å². The fourth-order valence-electron chi connectivity index (χ4n) is 3.45. The van der Waals surface area contributed by atoms with E-state index in [2.05, 4.69) is 30.1 Å². The standard InChI is InChI=1S/C16H23N3O/c1-10-7-17-8-14-5-13-6-15(20-9-12-3-4-12)11(2)18-16(13)19(10)14/h6,10,12,14,17H,3-5,7-9H2,1-2H3/t10-,14-/m1/s1. The summed E-state index contributed by atoms with van der Waals surface area (Å²) in [5.74, 6) is 2.98. The molecule has 2 aliphatic heterocycles. The van der Waals surface area contributed by atoms with E-state index in [4.69, 9.17) is 9.72 Å². The fourth-order valence-corrected chi connectivity index (χ4v) is 3.45. The van der Waals surface area contributed by atoms with Crippen molar-refractivity contribution in [3.63, 3.8) is 0 Å². The number of rotatable bonds is 3. The molecular formula is C16H23N3O. The summed E-state index contributed by atoms with van der Waals surface area (Å²) >= 11 is 0. The Labute approximate surface area is 120 Å². The van der Waals surface area contributed by atoms with Crippen LogP contribution < -0.4 is 15.0 Å². The second-order valence-electron chi connectivity index (χ2n) is 6.58. The van der Waals surface area contributed by atoms with Crippen LogP contribution >= 0.6 is 0 Å². The van der Waals surface area contributed by atoms with Crippen LogP contribution in [-0.4, -0.2) is 36.8 Å². The number of anilines is 1. The third-order valence-corrected chi connectivity index (χ3v) is 4.78. The first-order chi connectivity index (χ1) is 9.72. The zero-order valence-corrected chi connectivity index (χ0v) is 12.4. The summed E-state index contributed by atoms with van der Waals surface area (Å²) < 4.78 is 5.97. The van der Waals surface area contributed by atoms with Crippen molar-refractivity contribution in [3.8, 4) is 5.75 Å². The fraction of sp³-hybridized carbons (Fsp3) is 0.688. The van der Waals surface area contributed by atoms with Crippen molar-refractivity contribution in [2.75, 3.05) is 24.6 Å². The number of piperazine rings is 1. The number of aromatic nitrogens is 1. The lowest BCUT2D eigenvalue weighted by atomic mass is 10.1. The van der Waals surface area contributed by atoms with Gasteiger partial charge in [-0.2, -0.15) is 0 Å². The van der Waals surface area contributed by atoms with Crippen LogP contribution in [-0.2, 0) is 6.42 Å². The van der Waals surface area contributed by atoms with Gasteiger partial charge >= 0.3 is 0 Å². The van der Waals surface area contributed by atoms with Gasteiger partial charge in [-0.3, -0.25) is 0 Å². The molecule has 1 aromatic heterocycles. The van der Waals surface area contributed by atoms with Crippen LogP contribution in [0.4, 0.5) is 5.82 Å². The first kappa shape index (κ1) is 12.5. The molecule has 0 aromatic carbocycles. The highest BCUT2D eigenvalue weighted by Crippen LogP contribution is 2.37. The van der Waals surface area contributed by atoms with Crippen LogP contribution in [0.3, 0.4) is 0 Å². The number of fused-ring (bicyclic) bond motifs is 3. The highest BCUT2D eigenvalue weighted by atomic mass is 16.5. The van der Waals surface area contributed by atoms with Crippen molar-refractivity contribution >= 4 is 5.82 Å². The molecule has 1 saturated carbocycles. The normalized spacial score (nSPS) is 28.2. The maximum atomic E-state index is 5.97. The Balaban J connectivity index is 1.61. The van der Waals surface area contributed by atoms with Crippen molar-refractivity contribution in [1.82, 2.24) is 10.3 Å². The molecule has 1 aliphatic carbocycles. The number of hydrogen-bond donors (Lipinski definition) is 1. The average Bonchev–Trinajstić information content (AvgIpc) is 3.18. The van der Waals surface area contributed by atoms with Crippen LogP contribution in [0.15, 0.2) is 6.07 Å². The summed E-state index contributed by atoms with van der Waals surface area (Å²) in [6, 6.07) is 3.34. The zero-order chi connectivity index (χ0) is 13.7.